The Labute approximate surface area is 108 Å². The van der Waals surface area contributed by atoms with Gasteiger partial charge < -0.3 is 20.7 Å². The van der Waals surface area contributed by atoms with Crippen LogP contribution >= 0.6 is 0 Å². The number of hydrogen-bond acceptors (Lipinski definition) is 4. The molecule has 0 saturated carbocycles. The summed E-state index contributed by atoms with van der Waals surface area (Å²) in [5.74, 6) is -0.272. The lowest BCUT2D eigenvalue weighted by Crippen LogP contribution is -2.53. The van der Waals surface area contributed by atoms with Gasteiger partial charge in [0.1, 0.15) is 0 Å². The van der Waals surface area contributed by atoms with Crippen molar-refractivity contribution in [3.8, 4) is 0 Å². The zero-order valence-corrected chi connectivity index (χ0v) is 11.4. The Balaban J connectivity index is 2.78. The zero-order valence-electron chi connectivity index (χ0n) is 11.4. The Bertz CT molecular complexity index is 322. The van der Waals surface area contributed by atoms with Gasteiger partial charge in [-0.25, -0.2) is 0 Å². The number of nitrogens with one attached hydrogen (secondary N) is 1. The van der Waals surface area contributed by atoms with Crippen molar-refractivity contribution in [1.82, 2.24) is 10.2 Å². The SMILES string of the molecule is CCCN(CC(=O)NC)C(=O)C1(C)COCC1N. The Morgan fingerprint density at radius 1 is 1.56 bits per heavy atom. The second-order valence-corrected chi connectivity index (χ2v) is 4.94. The molecule has 0 aromatic carbocycles. The smallest absolute Gasteiger partial charge is 0.239 e. The minimum absolute atomic E-state index is 0.0749. The van der Waals surface area contributed by atoms with Gasteiger partial charge in [0.2, 0.25) is 11.8 Å². The third kappa shape index (κ3) is 3.00. The van der Waals surface area contributed by atoms with Crippen LogP contribution in [0.5, 0.6) is 0 Å². The monoisotopic (exact) mass is 257 g/mol. The van der Waals surface area contributed by atoms with E-state index in [2.05, 4.69) is 5.32 Å². The van der Waals surface area contributed by atoms with E-state index in [0.717, 1.165) is 6.42 Å². The average Bonchev–Trinajstić information content (AvgIpc) is 2.69. The molecule has 2 amide bonds. The van der Waals surface area contributed by atoms with Crippen molar-refractivity contribution < 1.29 is 14.3 Å². The van der Waals surface area contributed by atoms with Crippen LogP contribution in [0.15, 0.2) is 0 Å². The maximum atomic E-state index is 12.5. The number of rotatable bonds is 5. The Morgan fingerprint density at radius 2 is 2.22 bits per heavy atom. The fraction of sp³-hybridized carbons (Fsp3) is 0.833. The normalized spacial score (nSPS) is 27.0. The topological polar surface area (TPSA) is 84.7 Å². The van der Waals surface area contributed by atoms with Gasteiger partial charge in [-0.15, -0.1) is 0 Å². The van der Waals surface area contributed by atoms with Crippen LogP contribution in [0.2, 0.25) is 0 Å². The number of ether oxygens (including phenoxy) is 1. The van der Waals surface area contributed by atoms with E-state index in [9.17, 15) is 9.59 Å². The summed E-state index contributed by atoms with van der Waals surface area (Å²) in [5, 5.41) is 2.53. The highest BCUT2D eigenvalue weighted by Crippen LogP contribution is 2.29. The van der Waals surface area contributed by atoms with Crippen molar-refractivity contribution >= 4 is 11.8 Å². The van der Waals surface area contributed by atoms with Gasteiger partial charge in [-0.3, -0.25) is 9.59 Å². The van der Waals surface area contributed by atoms with Crippen molar-refractivity contribution in [2.24, 2.45) is 11.1 Å². The molecule has 1 saturated heterocycles. The molecule has 1 aliphatic rings. The summed E-state index contributed by atoms with van der Waals surface area (Å²) in [7, 11) is 1.56. The summed E-state index contributed by atoms with van der Waals surface area (Å²) in [6.45, 7) is 5.11. The van der Waals surface area contributed by atoms with Crippen LogP contribution in [-0.2, 0) is 14.3 Å². The Kier molecular flexibility index (Phi) is 5.10. The number of carbonyl (C=O) groups excluding carboxylic acids is 2. The fourth-order valence-corrected chi connectivity index (χ4v) is 2.05. The van der Waals surface area contributed by atoms with Gasteiger partial charge in [0, 0.05) is 19.6 Å². The highest BCUT2D eigenvalue weighted by atomic mass is 16.5. The summed E-state index contributed by atoms with van der Waals surface area (Å²) in [6, 6.07) is -0.311. The summed E-state index contributed by atoms with van der Waals surface area (Å²) in [5.41, 5.74) is 5.22. The highest BCUT2D eigenvalue weighted by Gasteiger charge is 2.46. The van der Waals surface area contributed by atoms with Crippen LogP contribution in [-0.4, -0.2) is 56.1 Å². The van der Waals surface area contributed by atoms with E-state index < -0.39 is 5.41 Å². The van der Waals surface area contributed by atoms with Crippen LogP contribution in [0.25, 0.3) is 0 Å². The fourth-order valence-electron chi connectivity index (χ4n) is 2.05. The number of likely N-dealkylation sites (N-methyl/N-ethyl adjacent to an activating group) is 1. The molecule has 0 aromatic heterocycles. The first-order valence-corrected chi connectivity index (χ1v) is 6.29. The van der Waals surface area contributed by atoms with E-state index in [-0.39, 0.29) is 24.4 Å². The van der Waals surface area contributed by atoms with Crippen LogP contribution in [0, 0.1) is 5.41 Å². The lowest BCUT2D eigenvalue weighted by molar-refractivity contribution is -0.144. The first kappa shape index (κ1) is 14.9. The predicted molar refractivity (Wildman–Crippen MR) is 67.8 cm³/mol. The zero-order chi connectivity index (χ0) is 13.8. The number of hydrogen-bond donors (Lipinski definition) is 2. The third-order valence-corrected chi connectivity index (χ3v) is 3.40. The Morgan fingerprint density at radius 3 is 2.67 bits per heavy atom. The first-order chi connectivity index (χ1) is 8.45. The molecule has 104 valence electrons. The molecule has 0 aliphatic carbocycles. The Hall–Kier alpha value is -1.14. The van der Waals surface area contributed by atoms with Crippen molar-refractivity contribution in [2.75, 3.05) is 33.4 Å². The molecule has 6 heteroatoms. The molecule has 3 N–H and O–H groups in total. The molecule has 0 radical (unpaired) electrons. The molecule has 1 heterocycles. The quantitative estimate of drug-likeness (QED) is 0.684. The molecule has 6 nitrogen and oxygen atoms in total. The van der Waals surface area contributed by atoms with Gasteiger partial charge in [0.05, 0.1) is 25.2 Å². The van der Waals surface area contributed by atoms with E-state index in [1.54, 1.807) is 18.9 Å². The molecule has 0 spiro atoms. The van der Waals surface area contributed by atoms with Gasteiger partial charge in [0.15, 0.2) is 0 Å². The van der Waals surface area contributed by atoms with Gasteiger partial charge in [-0.1, -0.05) is 6.92 Å². The molecular formula is C12H23N3O3. The third-order valence-electron chi connectivity index (χ3n) is 3.40. The lowest BCUT2D eigenvalue weighted by Gasteiger charge is -2.32. The van der Waals surface area contributed by atoms with E-state index in [4.69, 9.17) is 10.5 Å². The number of amides is 2. The standard InChI is InChI=1S/C12H23N3O3/c1-4-5-15(6-10(16)14-3)11(17)12(2)8-18-7-9(12)13/h9H,4-8,13H2,1-3H3,(H,14,16). The summed E-state index contributed by atoms with van der Waals surface area (Å²) >= 11 is 0. The molecule has 1 aliphatic heterocycles. The molecule has 1 rings (SSSR count). The number of nitrogens with two attached hydrogens (primary N) is 1. The second-order valence-electron chi connectivity index (χ2n) is 4.94. The first-order valence-electron chi connectivity index (χ1n) is 6.29. The van der Waals surface area contributed by atoms with Crippen molar-refractivity contribution in [2.45, 2.75) is 26.3 Å². The van der Waals surface area contributed by atoms with Crippen LogP contribution in [0.1, 0.15) is 20.3 Å². The van der Waals surface area contributed by atoms with Gasteiger partial charge in [-0.05, 0) is 13.3 Å². The van der Waals surface area contributed by atoms with Crippen molar-refractivity contribution in [1.29, 1.82) is 0 Å². The molecule has 2 atom stereocenters. The van der Waals surface area contributed by atoms with E-state index >= 15 is 0 Å². The van der Waals surface area contributed by atoms with E-state index in [1.807, 2.05) is 6.92 Å². The van der Waals surface area contributed by atoms with E-state index in [0.29, 0.717) is 19.8 Å². The van der Waals surface area contributed by atoms with Gasteiger partial charge in [-0.2, -0.15) is 0 Å². The average molecular weight is 257 g/mol. The predicted octanol–water partition coefficient (Wildman–Crippen LogP) is -0.665. The molecular weight excluding hydrogens is 234 g/mol. The maximum Gasteiger partial charge on any atom is 0.239 e. The molecule has 2 unspecified atom stereocenters. The summed E-state index contributed by atoms with van der Waals surface area (Å²) < 4.78 is 5.28. The molecule has 0 bridgehead atoms. The minimum atomic E-state index is -0.719. The minimum Gasteiger partial charge on any atom is -0.379 e. The maximum absolute atomic E-state index is 12.5. The van der Waals surface area contributed by atoms with Gasteiger partial charge >= 0.3 is 0 Å². The largest absolute Gasteiger partial charge is 0.379 e. The van der Waals surface area contributed by atoms with Crippen LogP contribution in [0.4, 0.5) is 0 Å². The number of nitrogens with zero attached hydrogens (tertiary/aromatic N) is 1. The summed E-state index contributed by atoms with van der Waals surface area (Å²) in [4.78, 5) is 25.5. The lowest BCUT2D eigenvalue weighted by atomic mass is 9.84. The molecule has 0 aromatic rings. The summed E-state index contributed by atoms with van der Waals surface area (Å²) in [6.07, 6.45) is 0.801. The van der Waals surface area contributed by atoms with Crippen molar-refractivity contribution in [3.05, 3.63) is 0 Å². The second kappa shape index (κ2) is 6.15. The van der Waals surface area contributed by atoms with Crippen molar-refractivity contribution in [3.63, 3.8) is 0 Å². The van der Waals surface area contributed by atoms with Gasteiger partial charge in [0.25, 0.3) is 0 Å². The highest BCUT2D eigenvalue weighted by molar-refractivity contribution is 5.88. The van der Waals surface area contributed by atoms with Crippen LogP contribution < -0.4 is 11.1 Å². The number of carbonyl (C=O) groups is 2. The van der Waals surface area contributed by atoms with E-state index in [1.165, 1.54) is 0 Å². The van der Waals surface area contributed by atoms with Crippen LogP contribution in [0.3, 0.4) is 0 Å². The molecule has 18 heavy (non-hydrogen) atoms. The molecule has 1 fully saturated rings.